The number of aromatic nitrogens is 1. The molecule has 5 rings (SSSR count). The Morgan fingerprint density at radius 1 is 0.938 bits per heavy atom. The van der Waals surface area contributed by atoms with Crippen LogP contribution in [-0.4, -0.2) is 42.3 Å². The SMILES string of the molecule is O=C(NCc1ccccc1CN1CCOCC1)c1ccc2noc(-c3ccccc3)c2c1. The lowest BCUT2D eigenvalue weighted by molar-refractivity contribution is 0.0340. The normalized spacial score (nSPS) is 14.5. The zero-order valence-electron chi connectivity index (χ0n) is 17.8. The van der Waals surface area contributed by atoms with Crippen LogP contribution in [0.2, 0.25) is 0 Å². The Balaban J connectivity index is 1.32. The van der Waals surface area contributed by atoms with E-state index >= 15 is 0 Å². The molecule has 1 aliphatic heterocycles. The van der Waals surface area contributed by atoms with E-state index in [0.29, 0.717) is 17.9 Å². The number of fused-ring (bicyclic) bond motifs is 1. The van der Waals surface area contributed by atoms with Gasteiger partial charge in [0.2, 0.25) is 0 Å². The Labute approximate surface area is 186 Å². The van der Waals surface area contributed by atoms with E-state index in [9.17, 15) is 4.79 Å². The summed E-state index contributed by atoms with van der Waals surface area (Å²) in [5.74, 6) is 0.555. The van der Waals surface area contributed by atoms with Crippen molar-refractivity contribution in [3.05, 3.63) is 89.5 Å². The molecule has 1 N–H and O–H groups in total. The number of nitrogens with one attached hydrogen (secondary N) is 1. The molecule has 2 heterocycles. The summed E-state index contributed by atoms with van der Waals surface area (Å²) in [5.41, 5.74) is 4.61. The van der Waals surface area contributed by atoms with E-state index in [4.69, 9.17) is 9.26 Å². The molecule has 1 aliphatic rings. The van der Waals surface area contributed by atoms with Crippen LogP contribution in [0.15, 0.2) is 77.3 Å². The average molecular weight is 428 g/mol. The largest absolute Gasteiger partial charge is 0.379 e. The monoisotopic (exact) mass is 427 g/mol. The molecule has 0 aliphatic carbocycles. The maximum Gasteiger partial charge on any atom is 0.251 e. The number of nitrogens with zero attached hydrogens (tertiary/aromatic N) is 2. The highest BCUT2D eigenvalue weighted by atomic mass is 16.5. The summed E-state index contributed by atoms with van der Waals surface area (Å²) >= 11 is 0. The molecule has 0 unspecified atom stereocenters. The Morgan fingerprint density at radius 3 is 2.50 bits per heavy atom. The van der Waals surface area contributed by atoms with Crippen LogP contribution in [0.4, 0.5) is 0 Å². The lowest BCUT2D eigenvalue weighted by Crippen LogP contribution is -2.36. The topological polar surface area (TPSA) is 67.6 Å². The van der Waals surface area contributed by atoms with Crippen molar-refractivity contribution in [3.8, 4) is 11.3 Å². The van der Waals surface area contributed by atoms with Gasteiger partial charge in [0, 0.05) is 37.3 Å². The highest BCUT2D eigenvalue weighted by Gasteiger charge is 2.15. The smallest absolute Gasteiger partial charge is 0.251 e. The van der Waals surface area contributed by atoms with E-state index in [2.05, 4.69) is 27.5 Å². The predicted molar refractivity (Wildman–Crippen MR) is 123 cm³/mol. The van der Waals surface area contributed by atoms with Gasteiger partial charge in [0.25, 0.3) is 5.91 Å². The van der Waals surface area contributed by atoms with Crippen molar-refractivity contribution in [3.63, 3.8) is 0 Å². The highest BCUT2D eigenvalue weighted by Crippen LogP contribution is 2.29. The van der Waals surface area contributed by atoms with Crippen LogP contribution < -0.4 is 5.32 Å². The van der Waals surface area contributed by atoms with E-state index in [1.54, 1.807) is 6.07 Å². The van der Waals surface area contributed by atoms with E-state index in [1.165, 1.54) is 5.56 Å². The van der Waals surface area contributed by atoms with Crippen molar-refractivity contribution in [2.45, 2.75) is 13.1 Å². The standard InChI is InChI=1S/C26H25N3O3/c30-26(27-17-21-8-4-5-9-22(21)18-29-12-14-31-15-13-29)20-10-11-24-23(16-20)25(32-28-24)19-6-2-1-3-7-19/h1-11,16H,12-15,17-18H2,(H,27,30). The summed E-state index contributed by atoms with van der Waals surface area (Å²) in [5, 5.41) is 8.04. The molecule has 32 heavy (non-hydrogen) atoms. The van der Waals surface area contributed by atoms with Crippen molar-refractivity contribution in [1.29, 1.82) is 0 Å². The molecule has 1 aromatic heterocycles. The minimum absolute atomic E-state index is 0.117. The van der Waals surface area contributed by atoms with Gasteiger partial charge in [-0.1, -0.05) is 59.8 Å². The van der Waals surface area contributed by atoms with Gasteiger partial charge in [0.1, 0.15) is 5.52 Å². The van der Waals surface area contributed by atoms with Gasteiger partial charge in [0.15, 0.2) is 5.76 Å². The van der Waals surface area contributed by atoms with E-state index in [0.717, 1.165) is 54.9 Å². The third kappa shape index (κ3) is 4.42. The van der Waals surface area contributed by atoms with Crippen LogP contribution >= 0.6 is 0 Å². The van der Waals surface area contributed by atoms with Crippen LogP contribution in [0.1, 0.15) is 21.5 Å². The van der Waals surface area contributed by atoms with Gasteiger partial charge < -0.3 is 14.6 Å². The predicted octanol–water partition coefficient (Wildman–Crippen LogP) is 4.26. The summed E-state index contributed by atoms with van der Waals surface area (Å²) < 4.78 is 11.0. The summed E-state index contributed by atoms with van der Waals surface area (Å²) in [6.45, 7) is 4.76. The van der Waals surface area contributed by atoms with Crippen molar-refractivity contribution >= 4 is 16.8 Å². The number of rotatable bonds is 6. The molecule has 4 aromatic rings. The minimum Gasteiger partial charge on any atom is -0.379 e. The second-order valence-corrected chi connectivity index (χ2v) is 7.95. The number of morpholine rings is 1. The molecule has 1 saturated heterocycles. The van der Waals surface area contributed by atoms with Crippen LogP contribution in [0.25, 0.3) is 22.2 Å². The van der Waals surface area contributed by atoms with Crippen LogP contribution in [0, 0.1) is 0 Å². The van der Waals surface area contributed by atoms with Gasteiger partial charge in [0.05, 0.1) is 18.6 Å². The van der Waals surface area contributed by atoms with Gasteiger partial charge in [-0.3, -0.25) is 9.69 Å². The first kappa shape index (κ1) is 20.4. The maximum atomic E-state index is 12.9. The number of amides is 1. The molecule has 0 radical (unpaired) electrons. The number of carbonyl (C=O) groups is 1. The Kier molecular flexibility index (Phi) is 5.96. The fraction of sp³-hybridized carbons (Fsp3) is 0.231. The van der Waals surface area contributed by atoms with E-state index in [-0.39, 0.29) is 5.91 Å². The van der Waals surface area contributed by atoms with Gasteiger partial charge >= 0.3 is 0 Å². The second-order valence-electron chi connectivity index (χ2n) is 7.95. The molecule has 6 heteroatoms. The second kappa shape index (κ2) is 9.34. The van der Waals surface area contributed by atoms with Gasteiger partial charge in [-0.2, -0.15) is 0 Å². The summed E-state index contributed by atoms with van der Waals surface area (Å²) in [7, 11) is 0. The first-order valence-electron chi connectivity index (χ1n) is 10.9. The lowest BCUT2D eigenvalue weighted by atomic mass is 10.0. The fourth-order valence-electron chi connectivity index (χ4n) is 4.04. The quantitative estimate of drug-likeness (QED) is 0.498. The number of carbonyl (C=O) groups excluding carboxylic acids is 1. The first-order chi connectivity index (χ1) is 15.8. The Morgan fingerprint density at radius 2 is 1.69 bits per heavy atom. The fourth-order valence-corrected chi connectivity index (χ4v) is 4.04. The highest BCUT2D eigenvalue weighted by molar-refractivity contribution is 6.00. The molecule has 0 spiro atoms. The van der Waals surface area contributed by atoms with E-state index in [1.807, 2.05) is 54.6 Å². The maximum absolute atomic E-state index is 12.9. The van der Waals surface area contributed by atoms with Gasteiger partial charge in [-0.15, -0.1) is 0 Å². The van der Waals surface area contributed by atoms with Gasteiger partial charge in [-0.25, -0.2) is 0 Å². The Bertz CT molecular complexity index is 1210. The van der Waals surface area contributed by atoms with Gasteiger partial charge in [-0.05, 0) is 29.3 Å². The molecule has 0 saturated carbocycles. The number of hydrogen-bond acceptors (Lipinski definition) is 5. The number of hydrogen-bond donors (Lipinski definition) is 1. The molecule has 0 bridgehead atoms. The van der Waals surface area contributed by atoms with Crippen molar-refractivity contribution < 1.29 is 14.1 Å². The molecule has 6 nitrogen and oxygen atoms in total. The lowest BCUT2D eigenvalue weighted by Gasteiger charge is -2.27. The average Bonchev–Trinajstić information content (AvgIpc) is 3.28. The van der Waals surface area contributed by atoms with Crippen molar-refractivity contribution in [2.24, 2.45) is 0 Å². The minimum atomic E-state index is -0.117. The summed E-state index contributed by atoms with van der Waals surface area (Å²) in [6.07, 6.45) is 0. The van der Waals surface area contributed by atoms with Crippen LogP contribution in [-0.2, 0) is 17.8 Å². The Hall–Kier alpha value is -3.48. The number of ether oxygens (including phenoxy) is 1. The number of benzene rings is 3. The molecule has 1 amide bonds. The van der Waals surface area contributed by atoms with Crippen LogP contribution in [0.3, 0.4) is 0 Å². The summed E-state index contributed by atoms with van der Waals surface area (Å²) in [6, 6.07) is 23.5. The summed E-state index contributed by atoms with van der Waals surface area (Å²) in [4.78, 5) is 15.3. The third-order valence-corrected chi connectivity index (χ3v) is 5.83. The van der Waals surface area contributed by atoms with Crippen LogP contribution in [0.5, 0.6) is 0 Å². The molecule has 0 atom stereocenters. The molecular formula is C26H25N3O3. The first-order valence-corrected chi connectivity index (χ1v) is 10.9. The zero-order chi connectivity index (χ0) is 21.8. The molecule has 1 fully saturated rings. The zero-order valence-corrected chi connectivity index (χ0v) is 17.8. The molecular weight excluding hydrogens is 402 g/mol. The third-order valence-electron chi connectivity index (χ3n) is 5.83. The van der Waals surface area contributed by atoms with Crippen molar-refractivity contribution in [1.82, 2.24) is 15.4 Å². The van der Waals surface area contributed by atoms with Crippen molar-refractivity contribution in [2.75, 3.05) is 26.3 Å². The van der Waals surface area contributed by atoms with E-state index < -0.39 is 0 Å². The molecule has 162 valence electrons. The molecule has 3 aromatic carbocycles.